The van der Waals surface area contributed by atoms with Crippen LogP contribution in [-0.4, -0.2) is 21.8 Å². The van der Waals surface area contributed by atoms with Gasteiger partial charge in [0, 0.05) is 30.2 Å². The number of Topliss-reactive ketones (excluding diaryl/α,β-unsaturated/α-hetero) is 1. The van der Waals surface area contributed by atoms with Gasteiger partial charge in [-0.1, -0.05) is 12.1 Å². The number of benzene rings is 1. The predicted molar refractivity (Wildman–Crippen MR) is 90.8 cm³/mol. The first kappa shape index (κ1) is 16.3. The van der Waals surface area contributed by atoms with E-state index in [0.29, 0.717) is 16.8 Å². The summed E-state index contributed by atoms with van der Waals surface area (Å²) in [5, 5.41) is 11.9. The van der Waals surface area contributed by atoms with Crippen LogP contribution in [-0.2, 0) is 24.2 Å². The van der Waals surface area contributed by atoms with Crippen molar-refractivity contribution in [3.63, 3.8) is 0 Å². The molecule has 0 saturated heterocycles. The molecule has 0 spiro atoms. The van der Waals surface area contributed by atoms with Crippen molar-refractivity contribution >= 4 is 17.4 Å². The number of ketones is 1. The van der Waals surface area contributed by atoms with Gasteiger partial charge < -0.3 is 10.4 Å². The lowest BCUT2D eigenvalue weighted by Crippen LogP contribution is -2.15. The third kappa shape index (κ3) is 3.68. The second-order valence-corrected chi connectivity index (χ2v) is 6.00. The van der Waals surface area contributed by atoms with Crippen LogP contribution in [0.25, 0.3) is 0 Å². The minimum atomic E-state index is -0.257. The molecular formula is C19H20N2O3. The van der Waals surface area contributed by atoms with Crippen molar-refractivity contribution in [2.75, 3.05) is 5.32 Å². The normalized spacial score (nSPS) is 12.7. The fourth-order valence-corrected chi connectivity index (χ4v) is 3.00. The molecule has 2 N–H and O–H groups in total. The number of amides is 1. The molecule has 1 aromatic carbocycles. The second-order valence-electron chi connectivity index (χ2n) is 6.00. The fourth-order valence-electron chi connectivity index (χ4n) is 3.00. The second kappa shape index (κ2) is 7.36. The van der Waals surface area contributed by atoms with Crippen LogP contribution in [0.2, 0.25) is 0 Å². The Morgan fingerprint density at radius 2 is 1.96 bits per heavy atom. The maximum Gasteiger partial charge on any atom is 0.224 e. The van der Waals surface area contributed by atoms with E-state index in [2.05, 4.69) is 10.3 Å². The highest BCUT2D eigenvalue weighted by molar-refractivity contribution is 6.00. The van der Waals surface area contributed by atoms with Crippen molar-refractivity contribution in [2.24, 2.45) is 0 Å². The maximum absolute atomic E-state index is 12.3. The summed E-state index contributed by atoms with van der Waals surface area (Å²) >= 11 is 0. The van der Waals surface area contributed by atoms with Crippen LogP contribution in [0.4, 0.5) is 5.69 Å². The van der Waals surface area contributed by atoms with E-state index in [4.69, 9.17) is 0 Å². The molecule has 0 radical (unpaired) electrons. The number of aromatic nitrogens is 1. The number of aryl methyl sites for hydroxylation is 2. The quantitative estimate of drug-likeness (QED) is 0.801. The van der Waals surface area contributed by atoms with E-state index in [1.165, 1.54) is 17.3 Å². The van der Waals surface area contributed by atoms with Crippen molar-refractivity contribution in [2.45, 2.75) is 38.7 Å². The first-order chi connectivity index (χ1) is 11.7. The zero-order valence-electron chi connectivity index (χ0n) is 13.4. The number of pyridine rings is 1. The van der Waals surface area contributed by atoms with Crippen LogP contribution in [0.5, 0.6) is 0 Å². The van der Waals surface area contributed by atoms with Gasteiger partial charge in [0.25, 0.3) is 0 Å². The van der Waals surface area contributed by atoms with Gasteiger partial charge in [0.1, 0.15) is 0 Å². The Morgan fingerprint density at radius 3 is 2.79 bits per heavy atom. The third-order valence-corrected chi connectivity index (χ3v) is 4.36. The Balaban J connectivity index is 1.57. The van der Waals surface area contributed by atoms with Crippen LogP contribution in [0, 0.1) is 0 Å². The highest BCUT2D eigenvalue weighted by Gasteiger charge is 2.15. The van der Waals surface area contributed by atoms with Crippen molar-refractivity contribution in [1.82, 2.24) is 4.98 Å². The number of aliphatic hydroxyl groups is 1. The molecular weight excluding hydrogens is 304 g/mol. The molecule has 1 aromatic heterocycles. The molecule has 0 atom stereocenters. The smallest absolute Gasteiger partial charge is 0.224 e. The van der Waals surface area contributed by atoms with E-state index >= 15 is 0 Å². The Morgan fingerprint density at radius 1 is 1.12 bits per heavy atom. The van der Waals surface area contributed by atoms with Crippen molar-refractivity contribution in [1.29, 1.82) is 0 Å². The molecule has 1 amide bonds. The van der Waals surface area contributed by atoms with Crippen LogP contribution in [0.3, 0.4) is 0 Å². The van der Waals surface area contributed by atoms with Gasteiger partial charge in [0.15, 0.2) is 5.78 Å². The summed E-state index contributed by atoms with van der Waals surface area (Å²) in [7, 11) is 0. The summed E-state index contributed by atoms with van der Waals surface area (Å²) in [6.45, 7) is -0.174. The van der Waals surface area contributed by atoms with Crippen molar-refractivity contribution in [3.8, 4) is 0 Å². The van der Waals surface area contributed by atoms with E-state index in [9.17, 15) is 14.7 Å². The Labute approximate surface area is 140 Å². The largest absolute Gasteiger partial charge is 0.392 e. The number of nitrogens with zero attached hydrogens (tertiary/aromatic N) is 1. The highest BCUT2D eigenvalue weighted by atomic mass is 16.3. The fraction of sp³-hybridized carbons (Fsp3) is 0.316. The molecule has 1 aliphatic rings. The average Bonchev–Trinajstić information content (AvgIpc) is 3.07. The SMILES string of the molecule is O=C(CCC(=O)c1ccc2c(c1)CCC2)Nc1cnccc1CO. The van der Waals surface area contributed by atoms with Gasteiger partial charge >= 0.3 is 0 Å². The van der Waals surface area contributed by atoms with E-state index in [1.54, 1.807) is 12.3 Å². The molecule has 0 saturated carbocycles. The summed E-state index contributed by atoms with van der Waals surface area (Å²) in [6, 6.07) is 7.49. The summed E-state index contributed by atoms with van der Waals surface area (Å²) in [4.78, 5) is 28.3. The molecule has 0 aliphatic heterocycles. The van der Waals surface area contributed by atoms with Gasteiger partial charge in [-0.3, -0.25) is 14.6 Å². The van der Waals surface area contributed by atoms with Gasteiger partial charge in [0.2, 0.25) is 5.91 Å². The summed E-state index contributed by atoms with van der Waals surface area (Å²) in [6.07, 6.45) is 6.58. The number of hydrogen-bond acceptors (Lipinski definition) is 4. The monoisotopic (exact) mass is 324 g/mol. The molecule has 2 aromatic rings. The Bertz CT molecular complexity index is 771. The molecule has 0 unspecified atom stereocenters. The Kier molecular flexibility index (Phi) is 5.01. The van der Waals surface area contributed by atoms with Crippen molar-refractivity contribution in [3.05, 3.63) is 58.9 Å². The average molecular weight is 324 g/mol. The van der Waals surface area contributed by atoms with Gasteiger partial charge in [-0.2, -0.15) is 0 Å². The van der Waals surface area contributed by atoms with E-state index in [0.717, 1.165) is 19.3 Å². The molecule has 24 heavy (non-hydrogen) atoms. The summed E-state index contributed by atoms with van der Waals surface area (Å²) < 4.78 is 0. The number of rotatable bonds is 6. The van der Waals surface area contributed by atoms with Gasteiger partial charge in [0.05, 0.1) is 18.5 Å². The number of carbonyl (C=O) groups excluding carboxylic acids is 2. The standard InChI is InChI=1S/C19H20N2O3/c22-12-16-8-9-20-11-17(16)21-19(24)7-6-18(23)15-5-4-13-2-1-3-14(13)10-15/h4-5,8-11,22H,1-3,6-7,12H2,(H,21,24). The van der Waals surface area contributed by atoms with Crippen LogP contribution in [0.1, 0.15) is 46.3 Å². The van der Waals surface area contributed by atoms with Crippen LogP contribution in [0.15, 0.2) is 36.7 Å². The number of fused-ring (bicyclic) bond motifs is 1. The minimum Gasteiger partial charge on any atom is -0.392 e. The molecule has 0 bridgehead atoms. The zero-order valence-corrected chi connectivity index (χ0v) is 13.4. The first-order valence-corrected chi connectivity index (χ1v) is 8.16. The molecule has 5 nitrogen and oxygen atoms in total. The van der Waals surface area contributed by atoms with Crippen molar-refractivity contribution < 1.29 is 14.7 Å². The molecule has 0 fully saturated rings. The summed E-state index contributed by atoms with van der Waals surface area (Å²) in [5.74, 6) is -0.277. The predicted octanol–water partition coefficient (Wildman–Crippen LogP) is 2.66. The molecule has 124 valence electrons. The lowest BCUT2D eigenvalue weighted by molar-refractivity contribution is -0.116. The van der Waals surface area contributed by atoms with Crippen LogP contribution >= 0.6 is 0 Å². The molecule has 1 aliphatic carbocycles. The Hall–Kier alpha value is -2.53. The van der Waals surface area contributed by atoms with Gasteiger partial charge in [-0.15, -0.1) is 0 Å². The first-order valence-electron chi connectivity index (χ1n) is 8.16. The lowest BCUT2D eigenvalue weighted by atomic mass is 10.0. The van der Waals surface area contributed by atoms with E-state index in [-0.39, 0.29) is 31.1 Å². The number of aliphatic hydroxyl groups excluding tert-OH is 1. The lowest BCUT2D eigenvalue weighted by Gasteiger charge is -2.09. The van der Waals surface area contributed by atoms with Gasteiger partial charge in [-0.05, 0) is 42.5 Å². The third-order valence-electron chi connectivity index (χ3n) is 4.36. The zero-order chi connectivity index (χ0) is 16.9. The van der Waals surface area contributed by atoms with E-state index < -0.39 is 0 Å². The van der Waals surface area contributed by atoms with Gasteiger partial charge in [-0.25, -0.2) is 0 Å². The maximum atomic E-state index is 12.3. The molecule has 1 heterocycles. The minimum absolute atomic E-state index is 0.0200. The number of hydrogen-bond donors (Lipinski definition) is 2. The van der Waals surface area contributed by atoms with E-state index in [1.807, 2.05) is 18.2 Å². The molecule has 5 heteroatoms. The summed E-state index contributed by atoms with van der Waals surface area (Å²) in [5.41, 5.74) is 4.35. The topological polar surface area (TPSA) is 79.3 Å². The van der Waals surface area contributed by atoms with Crippen LogP contribution < -0.4 is 5.32 Å². The number of carbonyl (C=O) groups is 2. The highest BCUT2D eigenvalue weighted by Crippen LogP contribution is 2.23. The molecule has 3 rings (SSSR count). The number of nitrogens with one attached hydrogen (secondary N) is 1. The number of anilines is 1.